The second-order valence-corrected chi connectivity index (χ2v) is 12.7. The van der Waals surface area contributed by atoms with Gasteiger partial charge in [-0.15, -0.1) is 0 Å². The van der Waals surface area contributed by atoms with Gasteiger partial charge in [-0.2, -0.15) is 18.4 Å². The van der Waals surface area contributed by atoms with Crippen LogP contribution in [0.4, 0.5) is 28.4 Å². The van der Waals surface area contributed by atoms with Crippen LogP contribution in [-0.2, 0) is 30.3 Å². The lowest BCUT2D eigenvalue weighted by atomic mass is 10.1. The molecule has 15 heteroatoms. The fourth-order valence-corrected chi connectivity index (χ4v) is 6.44. The molecule has 2 aliphatic heterocycles. The highest BCUT2D eigenvalue weighted by Gasteiger charge is 2.51. The molecule has 212 valence electrons. The van der Waals surface area contributed by atoms with Crippen LogP contribution in [0.2, 0.25) is 0 Å². The molecule has 3 aliphatic rings. The third kappa shape index (κ3) is 5.75. The fraction of sp³-hybridized carbons (Fsp3) is 0.583. The minimum Gasteiger partial charge on any atom is -0.447 e. The Labute approximate surface area is 222 Å². The predicted molar refractivity (Wildman–Crippen MR) is 128 cm³/mol. The van der Waals surface area contributed by atoms with Crippen LogP contribution in [0.25, 0.3) is 0 Å². The Hall–Kier alpha value is -3.54. The SMILES string of the molecule is CC(C)(C)OC(=O)N1C[C@H](S(=O)(=O)c2ccc(N3CCOC3=O)cc2C(F)(F)F)C[C@H]1C(=O)N(C#N)C1CC1. The van der Waals surface area contributed by atoms with Gasteiger partial charge < -0.3 is 9.47 Å². The van der Waals surface area contributed by atoms with E-state index in [9.17, 15) is 41.2 Å². The number of ether oxygens (including phenoxy) is 2. The van der Waals surface area contributed by atoms with E-state index < -0.39 is 74.4 Å². The largest absolute Gasteiger partial charge is 0.447 e. The molecule has 39 heavy (non-hydrogen) atoms. The molecule has 0 unspecified atom stereocenters. The Morgan fingerprint density at radius 2 is 1.87 bits per heavy atom. The van der Waals surface area contributed by atoms with Crippen molar-refractivity contribution in [2.24, 2.45) is 0 Å². The molecule has 3 fully saturated rings. The van der Waals surface area contributed by atoms with E-state index in [-0.39, 0.29) is 24.9 Å². The Morgan fingerprint density at radius 1 is 1.21 bits per heavy atom. The summed E-state index contributed by atoms with van der Waals surface area (Å²) in [6, 6.07) is 0.598. The summed E-state index contributed by atoms with van der Waals surface area (Å²) in [6.45, 7) is 4.03. The van der Waals surface area contributed by atoms with Gasteiger partial charge in [-0.3, -0.25) is 14.6 Å². The lowest BCUT2D eigenvalue weighted by molar-refractivity contribution is -0.139. The number of cyclic esters (lactones) is 1. The molecule has 0 bridgehead atoms. The smallest absolute Gasteiger partial charge is 0.417 e. The quantitative estimate of drug-likeness (QED) is 0.387. The first-order valence-corrected chi connectivity index (χ1v) is 13.7. The third-order valence-corrected chi connectivity index (χ3v) is 8.71. The van der Waals surface area contributed by atoms with Crippen molar-refractivity contribution < 1.29 is 45.4 Å². The maximum Gasteiger partial charge on any atom is 0.417 e. The monoisotopic (exact) mass is 572 g/mol. The molecule has 2 saturated heterocycles. The highest BCUT2D eigenvalue weighted by molar-refractivity contribution is 7.92. The molecule has 1 aromatic carbocycles. The summed E-state index contributed by atoms with van der Waals surface area (Å²) < 4.78 is 79.6. The zero-order valence-electron chi connectivity index (χ0n) is 21.4. The summed E-state index contributed by atoms with van der Waals surface area (Å²) in [4.78, 5) is 39.7. The number of halogens is 3. The summed E-state index contributed by atoms with van der Waals surface area (Å²) in [6.07, 6.45) is -4.63. The van der Waals surface area contributed by atoms with Gasteiger partial charge in [0.15, 0.2) is 16.0 Å². The molecule has 0 radical (unpaired) electrons. The lowest BCUT2D eigenvalue weighted by Gasteiger charge is -2.29. The van der Waals surface area contributed by atoms with Crippen LogP contribution in [0.1, 0.15) is 45.6 Å². The van der Waals surface area contributed by atoms with Gasteiger partial charge in [0.1, 0.15) is 18.2 Å². The van der Waals surface area contributed by atoms with E-state index in [4.69, 9.17) is 9.47 Å². The number of likely N-dealkylation sites (tertiary alicyclic amines) is 1. The molecule has 4 rings (SSSR count). The Kier molecular flexibility index (Phi) is 7.22. The van der Waals surface area contributed by atoms with Gasteiger partial charge in [-0.05, 0) is 58.2 Å². The van der Waals surface area contributed by atoms with Gasteiger partial charge in [0, 0.05) is 18.3 Å². The van der Waals surface area contributed by atoms with Gasteiger partial charge in [0.05, 0.1) is 22.3 Å². The number of alkyl halides is 3. The van der Waals surface area contributed by atoms with E-state index in [1.54, 1.807) is 27.0 Å². The number of sulfone groups is 1. The topological polar surface area (TPSA) is 137 Å². The normalized spacial score (nSPS) is 21.9. The number of nitriles is 1. The maximum atomic E-state index is 14.1. The van der Waals surface area contributed by atoms with E-state index in [0.29, 0.717) is 18.9 Å². The first-order valence-electron chi connectivity index (χ1n) is 12.2. The zero-order chi connectivity index (χ0) is 28.9. The Morgan fingerprint density at radius 3 is 2.38 bits per heavy atom. The molecular weight excluding hydrogens is 545 g/mol. The molecule has 3 amide bonds. The maximum absolute atomic E-state index is 14.1. The van der Waals surface area contributed by atoms with Crippen molar-refractivity contribution in [2.45, 2.75) is 74.0 Å². The van der Waals surface area contributed by atoms with Crippen LogP contribution >= 0.6 is 0 Å². The number of hydrogen-bond donors (Lipinski definition) is 0. The van der Waals surface area contributed by atoms with Crippen molar-refractivity contribution in [3.63, 3.8) is 0 Å². The van der Waals surface area contributed by atoms with Crippen LogP contribution in [0, 0.1) is 11.5 Å². The number of hydrogen-bond acceptors (Lipinski definition) is 8. The number of nitrogens with zero attached hydrogens (tertiary/aromatic N) is 4. The molecule has 0 N–H and O–H groups in total. The first kappa shape index (κ1) is 28.5. The van der Waals surface area contributed by atoms with Crippen molar-refractivity contribution in [3.8, 4) is 6.19 Å². The van der Waals surface area contributed by atoms with Crippen molar-refractivity contribution >= 4 is 33.6 Å². The van der Waals surface area contributed by atoms with E-state index in [0.717, 1.165) is 26.8 Å². The van der Waals surface area contributed by atoms with Crippen LogP contribution in [0.5, 0.6) is 0 Å². The summed E-state index contributed by atoms with van der Waals surface area (Å²) in [5.41, 5.74) is -2.69. The van der Waals surface area contributed by atoms with Crippen LogP contribution in [0.3, 0.4) is 0 Å². The molecule has 0 aromatic heterocycles. The Bertz CT molecular complexity index is 1330. The second kappa shape index (κ2) is 9.89. The second-order valence-electron chi connectivity index (χ2n) is 10.5. The first-order chi connectivity index (χ1) is 18.0. The fourth-order valence-electron chi connectivity index (χ4n) is 4.55. The van der Waals surface area contributed by atoms with Gasteiger partial charge in [0.25, 0.3) is 5.91 Å². The van der Waals surface area contributed by atoms with Crippen molar-refractivity contribution in [1.82, 2.24) is 9.80 Å². The van der Waals surface area contributed by atoms with Gasteiger partial charge in [0.2, 0.25) is 0 Å². The number of benzene rings is 1. The summed E-state index contributed by atoms with van der Waals surface area (Å²) >= 11 is 0. The summed E-state index contributed by atoms with van der Waals surface area (Å²) in [5.74, 6) is -0.817. The molecule has 0 spiro atoms. The van der Waals surface area contributed by atoms with E-state index in [1.807, 2.05) is 0 Å². The number of carbonyl (C=O) groups excluding carboxylic acids is 3. The molecule has 1 saturated carbocycles. The van der Waals surface area contributed by atoms with Gasteiger partial charge in [-0.25, -0.2) is 22.9 Å². The lowest BCUT2D eigenvalue weighted by Crippen LogP contribution is -2.48. The van der Waals surface area contributed by atoms with Crippen molar-refractivity contribution in [1.29, 1.82) is 5.26 Å². The molecule has 1 aromatic rings. The van der Waals surface area contributed by atoms with Gasteiger partial charge in [-0.1, -0.05) is 0 Å². The molecule has 1 aliphatic carbocycles. The number of carbonyl (C=O) groups is 3. The number of anilines is 1. The summed E-state index contributed by atoms with van der Waals surface area (Å²) in [5, 5.41) is 7.89. The predicted octanol–water partition coefficient (Wildman–Crippen LogP) is 3.29. The minimum absolute atomic E-state index is 0.00409. The van der Waals surface area contributed by atoms with E-state index >= 15 is 0 Å². The highest BCUT2D eigenvalue weighted by atomic mass is 32.2. The Balaban J connectivity index is 1.71. The average Bonchev–Trinajstić information content (AvgIpc) is 3.38. The zero-order valence-corrected chi connectivity index (χ0v) is 22.2. The average molecular weight is 573 g/mol. The van der Waals surface area contributed by atoms with Crippen molar-refractivity contribution in [3.05, 3.63) is 23.8 Å². The third-order valence-electron chi connectivity index (χ3n) is 6.52. The molecule has 2 atom stereocenters. The number of amides is 3. The van der Waals surface area contributed by atoms with E-state index in [1.165, 1.54) is 0 Å². The summed E-state index contributed by atoms with van der Waals surface area (Å²) in [7, 11) is -4.78. The molecule has 2 heterocycles. The van der Waals surface area contributed by atoms with Gasteiger partial charge >= 0.3 is 18.4 Å². The highest BCUT2D eigenvalue weighted by Crippen LogP contribution is 2.40. The standard InChI is InChI=1S/C24H27F3N4O7S/c1-23(2,3)38-22(34)30-12-16(11-18(30)20(32)31(13-28)14-4-5-14)39(35,36)19-7-6-15(10-17(19)24(25,26)27)29-8-9-37-21(29)33/h6-7,10,14,16,18H,4-5,8-9,11-12H2,1-3H3/t16-,18+/m1/s1. The molecule has 11 nitrogen and oxygen atoms in total. The van der Waals surface area contributed by atoms with Crippen LogP contribution in [0.15, 0.2) is 23.1 Å². The van der Waals surface area contributed by atoms with Crippen molar-refractivity contribution in [2.75, 3.05) is 24.6 Å². The minimum atomic E-state index is -5.11. The van der Waals surface area contributed by atoms with Crippen LogP contribution in [-0.4, -0.2) is 78.9 Å². The van der Waals surface area contributed by atoms with E-state index in [2.05, 4.69) is 0 Å². The molecular formula is C24H27F3N4O7S. The van der Waals surface area contributed by atoms with Crippen LogP contribution < -0.4 is 4.90 Å². The number of rotatable bonds is 5.